The fourth-order valence-corrected chi connectivity index (χ4v) is 2.55. The van der Waals surface area contributed by atoms with E-state index in [2.05, 4.69) is 29.8 Å². The molecule has 1 unspecified atom stereocenters. The highest BCUT2D eigenvalue weighted by Gasteiger charge is 2.33. The summed E-state index contributed by atoms with van der Waals surface area (Å²) < 4.78 is 6.72. The molecule has 1 aromatic carbocycles. The number of amides is 1. The normalized spacial score (nSPS) is 18.9. The number of hydrogen-bond acceptors (Lipinski definition) is 3. The minimum absolute atomic E-state index is 0.0993. The Labute approximate surface area is 115 Å². The van der Waals surface area contributed by atoms with Crippen LogP contribution in [0, 0.1) is 0 Å². The molecule has 1 atom stereocenters. The van der Waals surface area contributed by atoms with Gasteiger partial charge >= 0.3 is 0 Å². The van der Waals surface area contributed by atoms with Gasteiger partial charge < -0.3 is 15.4 Å². The van der Waals surface area contributed by atoms with Gasteiger partial charge in [-0.15, -0.1) is 0 Å². The Morgan fingerprint density at radius 3 is 2.72 bits per heavy atom. The molecule has 18 heavy (non-hydrogen) atoms. The molecule has 0 aliphatic carbocycles. The second-order valence-corrected chi connectivity index (χ2v) is 5.65. The molecule has 5 heteroatoms. The fraction of sp³-hybridized carbons (Fsp3) is 0.462. The number of anilines is 1. The van der Waals surface area contributed by atoms with Crippen molar-refractivity contribution in [3.05, 3.63) is 22.2 Å². The number of hydrogen-bond donors (Lipinski definition) is 1. The molecule has 2 rings (SSSR count). The maximum Gasteiger partial charge on any atom is 0.269 e. The monoisotopic (exact) mass is 312 g/mol. The third-order valence-electron chi connectivity index (χ3n) is 3.13. The molecule has 0 spiro atoms. The van der Waals surface area contributed by atoms with Crippen LogP contribution < -0.4 is 15.4 Å². The quantitative estimate of drug-likeness (QED) is 0.911. The van der Waals surface area contributed by atoms with E-state index in [4.69, 9.17) is 10.5 Å². The number of benzene rings is 1. The Kier molecular flexibility index (Phi) is 3.64. The Balaban J connectivity index is 2.59. The third-order valence-corrected chi connectivity index (χ3v) is 3.58. The molecular formula is C13H17BrN2O2. The first-order valence-electron chi connectivity index (χ1n) is 5.93. The van der Waals surface area contributed by atoms with Crippen molar-refractivity contribution in [1.29, 1.82) is 0 Å². The van der Waals surface area contributed by atoms with Crippen molar-refractivity contribution in [3.8, 4) is 5.75 Å². The number of likely N-dealkylation sites (N-methyl/N-ethyl adjacent to an activating group) is 1. The SMILES string of the molecule is CC(C)c1cc(Br)cc2c1OC(CN)C(=O)N2C. The summed E-state index contributed by atoms with van der Waals surface area (Å²) in [6.07, 6.45) is -0.582. The minimum Gasteiger partial charge on any atom is -0.477 e. The molecule has 0 saturated heterocycles. The van der Waals surface area contributed by atoms with E-state index >= 15 is 0 Å². The van der Waals surface area contributed by atoms with Gasteiger partial charge in [0.2, 0.25) is 0 Å². The van der Waals surface area contributed by atoms with Crippen LogP contribution in [0.25, 0.3) is 0 Å². The fourth-order valence-electron chi connectivity index (χ4n) is 2.08. The molecule has 0 bridgehead atoms. The molecule has 1 heterocycles. The number of carbonyl (C=O) groups excluding carboxylic acids is 1. The number of ether oxygens (including phenoxy) is 1. The van der Waals surface area contributed by atoms with Gasteiger partial charge in [0.1, 0.15) is 5.75 Å². The van der Waals surface area contributed by atoms with Gasteiger partial charge in [-0.2, -0.15) is 0 Å². The van der Waals surface area contributed by atoms with Gasteiger partial charge in [0.05, 0.1) is 5.69 Å². The van der Waals surface area contributed by atoms with Gasteiger partial charge in [0, 0.05) is 23.6 Å². The number of carbonyl (C=O) groups is 1. The van der Waals surface area contributed by atoms with Gasteiger partial charge in [-0.1, -0.05) is 29.8 Å². The molecule has 1 amide bonds. The van der Waals surface area contributed by atoms with Gasteiger partial charge in [0.15, 0.2) is 6.10 Å². The van der Waals surface area contributed by atoms with Crippen LogP contribution in [-0.2, 0) is 4.79 Å². The van der Waals surface area contributed by atoms with Crippen molar-refractivity contribution >= 4 is 27.5 Å². The van der Waals surface area contributed by atoms with Crippen LogP contribution in [0.2, 0.25) is 0 Å². The second kappa shape index (κ2) is 4.90. The van der Waals surface area contributed by atoms with Crippen LogP contribution in [0.1, 0.15) is 25.3 Å². The molecule has 0 fully saturated rings. The van der Waals surface area contributed by atoms with Crippen LogP contribution >= 0.6 is 15.9 Å². The predicted molar refractivity (Wildman–Crippen MR) is 75.1 cm³/mol. The highest BCUT2D eigenvalue weighted by Crippen LogP contribution is 2.41. The lowest BCUT2D eigenvalue weighted by molar-refractivity contribution is -0.125. The summed E-state index contributed by atoms with van der Waals surface area (Å²) in [6, 6.07) is 3.92. The number of nitrogens with two attached hydrogens (primary N) is 1. The summed E-state index contributed by atoms with van der Waals surface area (Å²) in [4.78, 5) is 13.6. The second-order valence-electron chi connectivity index (χ2n) is 4.74. The van der Waals surface area contributed by atoms with E-state index in [-0.39, 0.29) is 12.5 Å². The first-order chi connectivity index (χ1) is 8.45. The van der Waals surface area contributed by atoms with E-state index in [1.807, 2.05) is 12.1 Å². The van der Waals surface area contributed by atoms with Gasteiger partial charge in [0.25, 0.3) is 5.91 Å². The van der Waals surface area contributed by atoms with Crippen molar-refractivity contribution in [3.63, 3.8) is 0 Å². The van der Waals surface area contributed by atoms with Crippen LogP contribution in [0.15, 0.2) is 16.6 Å². The summed E-state index contributed by atoms with van der Waals surface area (Å²) in [5.74, 6) is 0.986. The van der Waals surface area contributed by atoms with Crippen molar-refractivity contribution in [2.75, 3.05) is 18.5 Å². The van der Waals surface area contributed by atoms with E-state index in [1.54, 1.807) is 11.9 Å². The summed E-state index contributed by atoms with van der Waals surface area (Å²) >= 11 is 3.47. The Morgan fingerprint density at radius 2 is 2.17 bits per heavy atom. The van der Waals surface area contributed by atoms with E-state index < -0.39 is 6.10 Å². The maximum atomic E-state index is 12.0. The summed E-state index contributed by atoms with van der Waals surface area (Å²) in [7, 11) is 1.75. The molecule has 0 aromatic heterocycles. The van der Waals surface area contributed by atoms with Gasteiger partial charge in [-0.3, -0.25) is 4.79 Å². The van der Waals surface area contributed by atoms with E-state index in [0.717, 1.165) is 21.5 Å². The lowest BCUT2D eigenvalue weighted by Crippen LogP contribution is -2.47. The van der Waals surface area contributed by atoms with Crippen molar-refractivity contribution in [2.45, 2.75) is 25.9 Å². The maximum absolute atomic E-state index is 12.0. The largest absolute Gasteiger partial charge is 0.477 e. The molecule has 4 nitrogen and oxygen atoms in total. The number of nitrogens with zero attached hydrogens (tertiary/aromatic N) is 1. The van der Waals surface area contributed by atoms with Crippen molar-refractivity contribution < 1.29 is 9.53 Å². The Bertz CT molecular complexity index is 488. The highest BCUT2D eigenvalue weighted by atomic mass is 79.9. The minimum atomic E-state index is -0.582. The molecule has 2 N–H and O–H groups in total. The van der Waals surface area contributed by atoms with E-state index in [0.29, 0.717) is 5.92 Å². The van der Waals surface area contributed by atoms with Crippen molar-refractivity contribution in [1.82, 2.24) is 0 Å². The zero-order chi connectivity index (χ0) is 13.4. The van der Waals surface area contributed by atoms with Gasteiger partial charge in [-0.25, -0.2) is 0 Å². The highest BCUT2D eigenvalue weighted by molar-refractivity contribution is 9.10. The standard InChI is InChI=1S/C13H17BrN2O2/c1-7(2)9-4-8(14)5-10-12(9)18-11(6-15)13(17)16(10)3/h4-5,7,11H,6,15H2,1-3H3. The first kappa shape index (κ1) is 13.4. The number of halogens is 1. The Morgan fingerprint density at radius 1 is 1.50 bits per heavy atom. The first-order valence-corrected chi connectivity index (χ1v) is 6.72. The average molecular weight is 313 g/mol. The molecule has 0 radical (unpaired) electrons. The lowest BCUT2D eigenvalue weighted by atomic mass is 9.99. The molecule has 1 aromatic rings. The molecule has 1 aliphatic rings. The summed E-state index contributed by atoms with van der Waals surface area (Å²) in [5.41, 5.74) is 7.46. The lowest BCUT2D eigenvalue weighted by Gasteiger charge is -2.33. The molecule has 1 aliphatic heterocycles. The molecule has 98 valence electrons. The topological polar surface area (TPSA) is 55.6 Å². The number of rotatable bonds is 2. The zero-order valence-electron chi connectivity index (χ0n) is 10.7. The molecular weight excluding hydrogens is 296 g/mol. The zero-order valence-corrected chi connectivity index (χ0v) is 12.3. The summed E-state index contributed by atoms with van der Waals surface area (Å²) in [5, 5.41) is 0. The van der Waals surface area contributed by atoms with Crippen LogP contribution in [0.5, 0.6) is 5.75 Å². The van der Waals surface area contributed by atoms with E-state index in [9.17, 15) is 4.79 Å². The molecule has 0 saturated carbocycles. The van der Waals surface area contributed by atoms with Crippen LogP contribution in [0.4, 0.5) is 5.69 Å². The summed E-state index contributed by atoms with van der Waals surface area (Å²) in [6.45, 7) is 4.38. The smallest absolute Gasteiger partial charge is 0.269 e. The average Bonchev–Trinajstić information content (AvgIpc) is 2.33. The predicted octanol–water partition coefficient (Wildman–Crippen LogP) is 2.25. The Hall–Kier alpha value is -1.07. The number of fused-ring (bicyclic) bond motifs is 1. The van der Waals surface area contributed by atoms with Crippen molar-refractivity contribution in [2.24, 2.45) is 5.73 Å². The third kappa shape index (κ3) is 2.12. The van der Waals surface area contributed by atoms with Gasteiger partial charge in [-0.05, 0) is 18.1 Å². The van der Waals surface area contributed by atoms with Crippen LogP contribution in [-0.4, -0.2) is 25.6 Å². The van der Waals surface area contributed by atoms with E-state index in [1.165, 1.54) is 0 Å². The van der Waals surface area contributed by atoms with Crippen LogP contribution in [0.3, 0.4) is 0 Å².